The number of halogens is 2. The minimum absolute atomic E-state index is 0.618. The molecule has 0 bridgehead atoms. The summed E-state index contributed by atoms with van der Waals surface area (Å²) < 4.78 is 5.84. The minimum Gasteiger partial charge on any atom is -0.423 e. The second-order valence-corrected chi connectivity index (χ2v) is 6.32. The lowest BCUT2D eigenvalue weighted by atomic mass is 10.2. The summed E-state index contributed by atoms with van der Waals surface area (Å²) in [7, 11) is 0. The Bertz CT molecular complexity index is 841. The Morgan fingerprint density at radius 1 is 0.826 bits per heavy atom. The second kappa shape index (κ2) is 5.95. The first-order valence-corrected chi connectivity index (χ1v) is 8.27. The fourth-order valence-corrected chi connectivity index (χ4v) is 3.35. The van der Waals surface area contributed by atoms with Crippen LogP contribution in [0.15, 0.2) is 46.9 Å². The van der Waals surface area contributed by atoms with Crippen molar-refractivity contribution in [2.24, 2.45) is 0 Å². The Morgan fingerprint density at radius 2 is 1.52 bits per heavy atom. The summed E-state index contributed by atoms with van der Waals surface area (Å²) in [6.45, 7) is 3.40. The molecule has 118 valence electrons. The number of piperazine rings is 1. The van der Waals surface area contributed by atoms with Crippen molar-refractivity contribution in [3.8, 4) is 0 Å². The molecule has 0 unspecified atom stereocenters. The minimum atomic E-state index is 0.618. The van der Waals surface area contributed by atoms with Crippen LogP contribution in [0.4, 0.5) is 11.7 Å². The molecule has 2 aromatic carbocycles. The lowest BCUT2D eigenvalue weighted by Crippen LogP contribution is -2.46. The Labute approximate surface area is 144 Å². The molecule has 0 atom stereocenters. The number of para-hydroxylation sites is 2. The van der Waals surface area contributed by atoms with Crippen molar-refractivity contribution in [2.45, 2.75) is 0 Å². The zero-order valence-electron chi connectivity index (χ0n) is 12.4. The topological polar surface area (TPSA) is 32.5 Å². The average Bonchev–Trinajstić information content (AvgIpc) is 3.01. The van der Waals surface area contributed by atoms with Crippen LogP contribution in [0.3, 0.4) is 0 Å². The van der Waals surface area contributed by atoms with Crippen LogP contribution in [0.25, 0.3) is 11.1 Å². The van der Waals surface area contributed by atoms with Crippen LogP contribution in [0.5, 0.6) is 0 Å². The van der Waals surface area contributed by atoms with Crippen LogP contribution in [-0.2, 0) is 0 Å². The summed E-state index contributed by atoms with van der Waals surface area (Å²) in [5.74, 6) is 0. The number of fused-ring (bicyclic) bond motifs is 1. The molecule has 0 radical (unpaired) electrons. The molecule has 0 amide bonds. The molecule has 1 aliphatic heterocycles. The van der Waals surface area contributed by atoms with Gasteiger partial charge in [-0.25, -0.2) is 0 Å². The zero-order valence-corrected chi connectivity index (χ0v) is 13.9. The van der Waals surface area contributed by atoms with Gasteiger partial charge in [-0.05, 0) is 24.3 Å². The molecule has 0 N–H and O–H groups in total. The van der Waals surface area contributed by atoms with E-state index >= 15 is 0 Å². The summed E-state index contributed by atoms with van der Waals surface area (Å²) in [5, 5.41) is 1.40. The van der Waals surface area contributed by atoms with E-state index in [1.807, 2.05) is 36.4 Å². The maximum absolute atomic E-state index is 6.28. The molecule has 1 saturated heterocycles. The van der Waals surface area contributed by atoms with Crippen LogP contribution in [0.1, 0.15) is 0 Å². The second-order valence-electron chi connectivity index (χ2n) is 5.51. The summed E-state index contributed by atoms with van der Waals surface area (Å²) in [4.78, 5) is 8.96. The molecule has 23 heavy (non-hydrogen) atoms. The fraction of sp³-hybridized carbons (Fsp3) is 0.235. The average molecular weight is 348 g/mol. The monoisotopic (exact) mass is 347 g/mol. The normalized spacial score (nSPS) is 15.4. The standard InChI is InChI=1S/C17H15Cl2N3O/c18-12-4-1-2-6-14(12)21-8-10-22(11-9-21)17-20-16-13(19)5-3-7-15(16)23-17/h1-7H,8-11H2. The fourth-order valence-electron chi connectivity index (χ4n) is 2.89. The number of rotatable bonds is 2. The highest BCUT2D eigenvalue weighted by molar-refractivity contribution is 6.34. The van der Waals surface area contributed by atoms with Gasteiger partial charge in [0, 0.05) is 26.2 Å². The largest absolute Gasteiger partial charge is 0.423 e. The van der Waals surface area contributed by atoms with Gasteiger partial charge in [-0.3, -0.25) is 0 Å². The maximum Gasteiger partial charge on any atom is 0.298 e. The van der Waals surface area contributed by atoms with E-state index in [0.29, 0.717) is 11.0 Å². The maximum atomic E-state index is 6.28. The highest BCUT2D eigenvalue weighted by atomic mass is 35.5. The molecule has 1 fully saturated rings. The Hall–Kier alpha value is -1.91. The van der Waals surface area contributed by atoms with Crippen molar-refractivity contribution in [3.63, 3.8) is 0 Å². The number of hydrogen-bond donors (Lipinski definition) is 0. The Morgan fingerprint density at radius 3 is 2.26 bits per heavy atom. The van der Waals surface area contributed by atoms with E-state index < -0.39 is 0 Å². The van der Waals surface area contributed by atoms with Gasteiger partial charge in [-0.2, -0.15) is 4.98 Å². The van der Waals surface area contributed by atoms with E-state index in [4.69, 9.17) is 27.6 Å². The Balaban J connectivity index is 1.53. The van der Waals surface area contributed by atoms with Crippen LogP contribution >= 0.6 is 23.2 Å². The molecule has 3 aromatic rings. The molecule has 0 saturated carbocycles. The molecule has 4 nitrogen and oxygen atoms in total. The highest BCUT2D eigenvalue weighted by Crippen LogP contribution is 2.30. The van der Waals surface area contributed by atoms with Gasteiger partial charge >= 0.3 is 0 Å². The van der Waals surface area contributed by atoms with E-state index in [0.717, 1.165) is 48.0 Å². The first kappa shape index (κ1) is 14.7. The highest BCUT2D eigenvalue weighted by Gasteiger charge is 2.22. The summed E-state index contributed by atoms with van der Waals surface area (Å²) in [6, 6.07) is 14.1. The predicted molar refractivity (Wildman–Crippen MR) is 94.9 cm³/mol. The molecule has 1 aliphatic rings. The molecule has 1 aromatic heterocycles. The molecular formula is C17H15Cl2N3O. The lowest BCUT2D eigenvalue weighted by Gasteiger charge is -2.35. The van der Waals surface area contributed by atoms with Crippen molar-refractivity contribution in [1.82, 2.24) is 4.98 Å². The van der Waals surface area contributed by atoms with Crippen molar-refractivity contribution in [2.75, 3.05) is 36.0 Å². The van der Waals surface area contributed by atoms with Gasteiger partial charge in [0.15, 0.2) is 5.58 Å². The Kier molecular flexibility index (Phi) is 3.79. The van der Waals surface area contributed by atoms with Crippen LogP contribution in [0, 0.1) is 0 Å². The third-order valence-corrected chi connectivity index (χ3v) is 4.73. The van der Waals surface area contributed by atoms with Gasteiger partial charge in [0.1, 0.15) is 5.52 Å². The van der Waals surface area contributed by atoms with Crippen LogP contribution in [-0.4, -0.2) is 31.2 Å². The molecular weight excluding hydrogens is 333 g/mol. The number of benzene rings is 2. The summed E-state index contributed by atoms with van der Waals surface area (Å²) in [6.07, 6.45) is 0. The van der Waals surface area contributed by atoms with Crippen molar-refractivity contribution >= 4 is 46.0 Å². The van der Waals surface area contributed by atoms with E-state index in [1.165, 1.54) is 0 Å². The zero-order chi connectivity index (χ0) is 15.8. The van der Waals surface area contributed by atoms with Gasteiger partial charge in [0.05, 0.1) is 15.7 Å². The van der Waals surface area contributed by atoms with Gasteiger partial charge in [0.25, 0.3) is 6.01 Å². The van der Waals surface area contributed by atoms with Crippen molar-refractivity contribution < 1.29 is 4.42 Å². The van der Waals surface area contributed by atoms with E-state index in [2.05, 4.69) is 20.9 Å². The lowest BCUT2D eigenvalue weighted by molar-refractivity contribution is 0.542. The van der Waals surface area contributed by atoms with Crippen molar-refractivity contribution in [3.05, 3.63) is 52.5 Å². The smallest absolute Gasteiger partial charge is 0.298 e. The van der Waals surface area contributed by atoms with Gasteiger partial charge in [-0.1, -0.05) is 41.4 Å². The first-order valence-electron chi connectivity index (χ1n) is 7.52. The number of anilines is 2. The summed E-state index contributed by atoms with van der Waals surface area (Å²) >= 11 is 12.4. The number of nitrogens with zero attached hydrogens (tertiary/aromatic N) is 3. The van der Waals surface area contributed by atoms with Crippen molar-refractivity contribution in [1.29, 1.82) is 0 Å². The molecule has 4 rings (SSSR count). The van der Waals surface area contributed by atoms with Gasteiger partial charge in [0.2, 0.25) is 0 Å². The molecule has 0 spiro atoms. The third kappa shape index (κ3) is 2.73. The van der Waals surface area contributed by atoms with Crippen LogP contribution < -0.4 is 9.80 Å². The number of oxazole rings is 1. The predicted octanol–water partition coefficient (Wildman–Crippen LogP) is 4.46. The molecule has 6 heteroatoms. The molecule has 2 heterocycles. The van der Waals surface area contributed by atoms with Gasteiger partial charge < -0.3 is 14.2 Å². The van der Waals surface area contributed by atoms with E-state index in [9.17, 15) is 0 Å². The number of hydrogen-bond acceptors (Lipinski definition) is 4. The van der Waals surface area contributed by atoms with Crippen LogP contribution in [0.2, 0.25) is 10.0 Å². The van der Waals surface area contributed by atoms with E-state index in [-0.39, 0.29) is 0 Å². The first-order chi connectivity index (χ1) is 11.2. The summed E-state index contributed by atoms with van der Waals surface area (Å²) in [5.41, 5.74) is 2.52. The quantitative estimate of drug-likeness (QED) is 0.684. The number of aromatic nitrogens is 1. The molecule has 0 aliphatic carbocycles. The third-order valence-electron chi connectivity index (χ3n) is 4.10. The van der Waals surface area contributed by atoms with E-state index in [1.54, 1.807) is 0 Å². The SMILES string of the molecule is Clc1ccccc1N1CCN(c2nc3c(Cl)cccc3o2)CC1. The van der Waals surface area contributed by atoms with Gasteiger partial charge in [-0.15, -0.1) is 0 Å².